The number of unbranched alkanes of at least 4 members (excludes halogenated alkanes) is 2. The van der Waals surface area contributed by atoms with Crippen molar-refractivity contribution < 1.29 is 19.3 Å². The molecule has 4 rings (SSSR count). The van der Waals surface area contributed by atoms with Gasteiger partial charge in [-0.05, 0) is 31.0 Å². The largest absolute Gasteiger partial charge is 0.356 e. The van der Waals surface area contributed by atoms with Crippen molar-refractivity contribution in [2.75, 3.05) is 13.1 Å². The molecule has 2 N–H and O–H groups in total. The van der Waals surface area contributed by atoms with Crippen LogP contribution < -0.4 is 5.32 Å². The second kappa shape index (κ2) is 9.60. The zero-order chi connectivity index (χ0) is 23.4. The summed E-state index contributed by atoms with van der Waals surface area (Å²) in [5, 5.41) is 14.0. The Bertz CT molecular complexity index is 1200. The first-order valence-corrected chi connectivity index (χ1v) is 10.8. The van der Waals surface area contributed by atoms with E-state index in [9.17, 15) is 24.5 Å². The van der Waals surface area contributed by atoms with E-state index in [0.29, 0.717) is 38.6 Å². The van der Waals surface area contributed by atoms with Gasteiger partial charge in [0, 0.05) is 32.0 Å². The molecule has 3 aromatic rings. The Balaban J connectivity index is 1.16. The van der Waals surface area contributed by atoms with E-state index in [4.69, 9.17) is 0 Å². The molecule has 0 unspecified atom stereocenters. The number of nitrogens with one attached hydrogen (secondary N) is 2. The SMILES string of the molecule is O=C(CCCCCN1C(=O)c2cccc([N+](=O)[O-])c2C1=O)NCCc1nc2ccccc2[nH]1. The fourth-order valence-electron chi connectivity index (χ4n) is 3.94. The number of H-pyrrole nitrogens is 1. The number of nitro benzene ring substituents is 1. The normalized spacial score (nSPS) is 12.9. The van der Waals surface area contributed by atoms with E-state index in [0.717, 1.165) is 21.8 Å². The molecule has 2 aromatic carbocycles. The lowest BCUT2D eigenvalue weighted by atomic mass is 10.1. The van der Waals surface area contributed by atoms with E-state index >= 15 is 0 Å². The first kappa shape index (κ1) is 22.1. The van der Waals surface area contributed by atoms with Gasteiger partial charge in [0.2, 0.25) is 5.91 Å². The van der Waals surface area contributed by atoms with Crippen LogP contribution in [0.15, 0.2) is 42.5 Å². The molecular formula is C23H23N5O5. The Labute approximate surface area is 189 Å². The first-order valence-electron chi connectivity index (χ1n) is 10.8. The van der Waals surface area contributed by atoms with Gasteiger partial charge in [0.1, 0.15) is 11.4 Å². The number of rotatable bonds is 10. The lowest BCUT2D eigenvalue weighted by Crippen LogP contribution is -2.31. The number of hydrogen-bond donors (Lipinski definition) is 2. The quantitative estimate of drug-likeness (QED) is 0.211. The highest BCUT2D eigenvalue weighted by Crippen LogP contribution is 2.30. The molecule has 10 nitrogen and oxygen atoms in total. The summed E-state index contributed by atoms with van der Waals surface area (Å²) in [5.74, 6) is -0.396. The molecule has 1 aliphatic heterocycles. The third-order valence-corrected chi connectivity index (χ3v) is 5.58. The molecule has 33 heavy (non-hydrogen) atoms. The zero-order valence-corrected chi connectivity index (χ0v) is 17.9. The summed E-state index contributed by atoms with van der Waals surface area (Å²) in [5.41, 5.74) is 1.43. The lowest BCUT2D eigenvalue weighted by Gasteiger charge is -2.13. The van der Waals surface area contributed by atoms with E-state index in [1.54, 1.807) is 0 Å². The number of aromatic amines is 1. The standard InChI is InChI=1S/C23H23N5O5/c29-20(24-13-12-19-25-16-8-3-4-9-17(16)26-19)11-2-1-5-14-27-22(30)15-7-6-10-18(28(32)33)21(15)23(27)31/h3-4,6-10H,1-2,5,11-14H2,(H,24,29)(H,25,26). The maximum Gasteiger partial charge on any atom is 0.282 e. The number of aromatic nitrogens is 2. The van der Waals surface area contributed by atoms with E-state index in [2.05, 4.69) is 15.3 Å². The van der Waals surface area contributed by atoms with Gasteiger partial charge in [-0.3, -0.25) is 29.4 Å². The van der Waals surface area contributed by atoms with Gasteiger partial charge in [0.15, 0.2) is 0 Å². The number of nitrogens with zero attached hydrogens (tertiary/aromatic N) is 3. The van der Waals surface area contributed by atoms with Crippen molar-refractivity contribution in [2.45, 2.75) is 32.1 Å². The number of hydrogen-bond acceptors (Lipinski definition) is 6. The van der Waals surface area contributed by atoms with Crippen LogP contribution in [-0.2, 0) is 11.2 Å². The lowest BCUT2D eigenvalue weighted by molar-refractivity contribution is -0.385. The molecule has 0 saturated heterocycles. The summed E-state index contributed by atoms with van der Waals surface area (Å²) < 4.78 is 0. The number of benzene rings is 2. The van der Waals surface area contributed by atoms with Crippen molar-refractivity contribution in [1.29, 1.82) is 0 Å². The van der Waals surface area contributed by atoms with Gasteiger partial charge in [-0.2, -0.15) is 0 Å². The monoisotopic (exact) mass is 449 g/mol. The van der Waals surface area contributed by atoms with Crippen LogP contribution in [0.1, 0.15) is 52.2 Å². The van der Waals surface area contributed by atoms with Gasteiger partial charge in [-0.1, -0.05) is 24.6 Å². The highest BCUT2D eigenvalue weighted by molar-refractivity contribution is 6.23. The molecule has 170 valence electrons. The van der Waals surface area contributed by atoms with Crippen LogP contribution in [-0.4, -0.2) is 50.6 Å². The van der Waals surface area contributed by atoms with E-state index in [1.807, 2.05) is 24.3 Å². The van der Waals surface area contributed by atoms with Crippen molar-refractivity contribution in [2.24, 2.45) is 0 Å². The number of imide groups is 1. The molecule has 0 aliphatic carbocycles. The highest BCUT2D eigenvalue weighted by Gasteiger charge is 2.40. The second-order valence-electron chi connectivity index (χ2n) is 7.83. The number of fused-ring (bicyclic) bond motifs is 2. The summed E-state index contributed by atoms with van der Waals surface area (Å²) in [7, 11) is 0. The smallest absolute Gasteiger partial charge is 0.282 e. The van der Waals surface area contributed by atoms with E-state index in [-0.39, 0.29) is 29.3 Å². The maximum atomic E-state index is 12.5. The molecule has 0 saturated carbocycles. The molecule has 0 spiro atoms. The summed E-state index contributed by atoms with van der Waals surface area (Å²) >= 11 is 0. The topological polar surface area (TPSA) is 138 Å². The van der Waals surface area contributed by atoms with Gasteiger partial charge in [0.05, 0.1) is 21.5 Å². The third-order valence-electron chi connectivity index (χ3n) is 5.58. The molecule has 0 radical (unpaired) electrons. The minimum Gasteiger partial charge on any atom is -0.356 e. The third kappa shape index (κ3) is 4.74. The number of para-hydroxylation sites is 2. The van der Waals surface area contributed by atoms with Crippen molar-refractivity contribution >= 4 is 34.4 Å². The van der Waals surface area contributed by atoms with E-state index < -0.39 is 16.7 Å². The molecule has 0 bridgehead atoms. The summed E-state index contributed by atoms with van der Waals surface area (Å²) in [6, 6.07) is 11.8. The Hall–Kier alpha value is -4.08. The Morgan fingerprint density at radius 2 is 1.88 bits per heavy atom. The van der Waals surface area contributed by atoms with Crippen molar-refractivity contribution in [3.63, 3.8) is 0 Å². The summed E-state index contributed by atoms with van der Waals surface area (Å²) in [6.45, 7) is 0.643. The number of carbonyl (C=O) groups is 3. The van der Waals surface area contributed by atoms with Crippen molar-refractivity contribution in [3.8, 4) is 0 Å². The molecule has 1 aliphatic rings. The summed E-state index contributed by atoms with van der Waals surface area (Å²) in [6.07, 6.45) is 2.72. The van der Waals surface area contributed by atoms with E-state index in [1.165, 1.54) is 18.2 Å². The minimum absolute atomic E-state index is 0.0672. The van der Waals surface area contributed by atoms with Crippen LogP contribution in [0.5, 0.6) is 0 Å². The van der Waals surface area contributed by atoms with Gasteiger partial charge < -0.3 is 10.3 Å². The molecule has 1 aromatic heterocycles. The average Bonchev–Trinajstić information content (AvgIpc) is 3.32. The van der Waals surface area contributed by atoms with Crippen LogP contribution >= 0.6 is 0 Å². The first-order chi connectivity index (χ1) is 16.0. The van der Waals surface area contributed by atoms with Crippen molar-refractivity contribution in [1.82, 2.24) is 20.2 Å². The fraction of sp³-hybridized carbons (Fsp3) is 0.304. The van der Waals surface area contributed by atoms with Crippen LogP contribution in [0.2, 0.25) is 0 Å². The van der Waals surface area contributed by atoms with Gasteiger partial charge in [0.25, 0.3) is 17.5 Å². The van der Waals surface area contributed by atoms with Crippen LogP contribution in [0, 0.1) is 10.1 Å². The fourth-order valence-corrected chi connectivity index (χ4v) is 3.94. The number of amides is 3. The molecule has 3 amide bonds. The number of imidazole rings is 1. The molecule has 0 fully saturated rings. The Kier molecular flexibility index (Phi) is 6.43. The minimum atomic E-state index is -0.652. The second-order valence-corrected chi connectivity index (χ2v) is 7.83. The van der Waals surface area contributed by atoms with Crippen LogP contribution in [0.4, 0.5) is 5.69 Å². The number of nitro groups is 1. The summed E-state index contributed by atoms with van der Waals surface area (Å²) in [4.78, 5) is 56.3. The van der Waals surface area contributed by atoms with Gasteiger partial charge in [-0.25, -0.2) is 4.98 Å². The average molecular weight is 449 g/mol. The zero-order valence-electron chi connectivity index (χ0n) is 17.9. The molecule has 0 atom stereocenters. The van der Waals surface area contributed by atoms with Gasteiger partial charge in [-0.15, -0.1) is 0 Å². The molecule has 2 heterocycles. The van der Waals surface area contributed by atoms with Gasteiger partial charge >= 0.3 is 0 Å². The maximum absolute atomic E-state index is 12.5. The van der Waals surface area contributed by atoms with Crippen molar-refractivity contribution in [3.05, 3.63) is 69.5 Å². The molecular weight excluding hydrogens is 426 g/mol. The predicted molar refractivity (Wildman–Crippen MR) is 120 cm³/mol. The van der Waals surface area contributed by atoms with Crippen LogP contribution in [0.3, 0.4) is 0 Å². The Morgan fingerprint density at radius 1 is 1.06 bits per heavy atom. The predicted octanol–water partition coefficient (Wildman–Crippen LogP) is 2.99. The number of carbonyl (C=O) groups excluding carboxylic acids is 3. The van der Waals surface area contributed by atoms with Crippen LogP contribution in [0.25, 0.3) is 11.0 Å². The highest BCUT2D eigenvalue weighted by atomic mass is 16.6. The molecule has 10 heteroatoms. The Morgan fingerprint density at radius 3 is 2.67 bits per heavy atom.